The van der Waals surface area contributed by atoms with E-state index in [4.69, 9.17) is 4.74 Å². The van der Waals surface area contributed by atoms with E-state index in [0.29, 0.717) is 18.2 Å². The van der Waals surface area contributed by atoms with E-state index >= 15 is 0 Å². The molecular weight excluding hydrogens is 393 g/mol. The molecule has 2 unspecified atom stereocenters. The van der Waals surface area contributed by atoms with E-state index in [1.807, 2.05) is 47.4 Å². The molecule has 5 heteroatoms. The number of carbonyl (C=O) groups is 1. The third-order valence-electron chi connectivity index (χ3n) is 6.80. The van der Waals surface area contributed by atoms with Crippen molar-refractivity contribution in [3.8, 4) is 0 Å². The minimum Gasteiger partial charge on any atom is -0.445 e. The number of rotatable bonds is 3. The van der Waals surface area contributed by atoms with Crippen molar-refractivity contribution in [1.29, 1.82) is 0 Å². The van der Waals surface area contributed by atoms with Crippen molar-refractivity contribution in [3.05, 3.63) is 83.7 Å². The Bertz CT molecular complexity index is 1090. The number of nitrogens with zero attached hydrogens (tertiary/aromatic N) is 1. The normalized spacial score (nSPS) is 25.4. The summed E-state index contributed by atoms with van der Waals surface area (Å²) in [5.41, 5.74) is 0.602. The van der Waals surface area contributed by atoms with Gasteiger partial charge >= 0.3 is 6.09 Å². The highest BCUT2D eigenvalue weighted by molar-refractivity contribution is 5.87. The molecule has 1 N–H and O–H groups in total. The minimum atomic E-state index is -1.10. The molecule has 2 heterocycles. The zero-order chi connectivity index (χ0) is 21.4. The quantitative estimate of drug-likeness (QED) is 0.608. The topological polar surface area (TPSA) is 49.8 Å². The van der Waals surface area contributed by atoms with Crippen molar-refractivity contribution in [2.45, 2.75) is 56.4 Å². The van der Waals surface area contributed by atoms with E-state index in [2.05, 4.69) is 0 Å². The largest absolute Gasteiger partial charge is 0.445 e. The third kappa shape index (κ3) is 3.68. The predicted octanol–water partition coefficient (Wildman–Crippen LogP) is 5.52. The number of hydrogen-bond donors (Lipinski definition) is 1. The van der Waals surface area contributed by atoms with Gasteiger partial charge in [0, 0.05) is 30.3 Å². The fourth-order valence-corrected chi connectivity index (χ4v) is 5.41. The number of piperidine rings is 2. The van der Waals surface area contributed by atoms with Gasteiger partial charge in [0.05, 0.1) is 5.60 Å². The number of carbonyl (C=O) groups excluding carboxylic acids is 1. The van der Waals surface area contributed by atoms with E-state index in [9.17, 15) is 14.3 Å². The summed E-state index contributed by atoms with van der Waals surface area (Å²) in [7, 11) is 0. The second kappa shape index (κ2) is 7.97. The SMILES string of the molecule is O=C(OCc1ccccc1)N1C2CCCC1CC(O)(c1ccc(F)c3ccccc13)C2. The summed E-state index contributed by atoms with van der Waals surface area (Å²) in [6, 6.07) is 19.9. The summed E-state index contributed by atoms with van der Waals surface area (Å²) in [6.45, 7) is 0.239. The van der Waals surface area contributed by atoms with Crippen LogP contribution in [0.25, 0.3) is 10.8 Å². The molecule has 4 nitrogen and oxygen atoms in total. The second-order valence-electron chi connectivity index (χ2n) is 8.77. The molecule has 0 saturated carbocycles. The van der Waals surface area contributed by atoms with E-state index in [0.717, 1.165) is 35.8 Å². The van der Waals surface area contributed by atoms with Gasteiger partial charge in [-0.3, -0.25) is 0 Å². The Labute approximate surface area is 181 Å². The van der Waals surface area contributed by atoms with E-state index in [1.54, 1.807) is 18.2 Å². The Morgan fingerprint density at radius 1 is 0.968 bits per heavy atom. The maximum atomic E-state index is 14.3. The molecule has 3 aromatic carbocycles. The molecular formula is C26H26FNO3. The van der Waals surface area contributed by atoms with Crippen LogP contribution >= 0.6 is 0 Å². The highest BCUT2D eigenvalue weighted by Gasteiger charge is 2.49. The average molecular weight is 419 g/mol. The maximum Gasteiger partial charge on any atom is 0.410 e. The predicted molar refractivity (Wildman–Crippen MR) is 117 cm³/mol. The Balaban J connectivity index is 1.40. The summed E-state index contributed by atoms with van der Waals surface area (Å²) in [5.74, 6) is -0.287. The fraction of sp³-hybridized carbons (Fsp3) is 0.346. The number of benzene rings is 3. The zero-order valence-electron chi connectivity index (χ0n) is 17.3. The van der Waals surface area contributed by atoms with Crippen molar-refractivity contribution < 1.29 is 19.0 Å². The van der Waals surface area contributed by atoms with Crippen LogP contribution in [0.1, 0.15) is 43.2 Å². The van der Waals surface area contributed by atoms with Crippen molar-refractivity contribution >= 4 is 16.9 Å². The number of halogens is 1. The van der Waals surface area contributed by atoms with Crippen molar-refractivity contribution in [2.75, 3.05) is 0 Å². The molecule has 2 bridgehead atoms. The van der Waals surface area contributed by atoms with Crippen LogP contribution in [0, 0.1) is 5.82 Å². The molecule has 0 spiro atoms. The van der Waals surface area contributed by atoms with E-state index in [-0.39, 0.29) is 30.6 Å². The summed E-state index contributed by atoms with van der Waals surface area (Å²) in [4.78, 5) is 14.8. The van der Waals surface area contributed by atoms with E-state index < -0.39 is 5.60 Å². The molecule has 1 amide bonds. The maximum absolute atomic E-state index is 14.3. The molecule has 3 aromatic rings. The zero-order valence-corrected chi connectivity index (χ0v) is 17.3. The minimum absolute atomic E-state index is 0.0930. The lowest BCUT2D eigenvalue weighted by atomic mass is 9.71. The number of fused-ring (bicyclic) bond motifs is 3. The van der Waals surface area contributed by atoms with Gasteiger partial charge in [0.15, 0.2) is 0 Å². The first-order valence-corrected chi connectivity index (χ1v) is 10.9. The van der Waals surface area contributed by atoms with Gasteiger partial charge in [-0.15, -0.1) is 0 Å². The van der Waals surface area contributed by atoms with Gasteiger partial charge in [-0.05, 0) is 41.8 Å². The summed E-state index contributed by atoms with van der Waals surface area (Å²) < 4.78 is 20.0. The van der Waals surface area contributed by atoms with Crippen LogP contribution in [0.4, 0.5) is 9.18 Å². The smallest absolute Gasteiger partial charge is 0.410 e. The van der Waals surface area contributed by atoms with Gasteiger partial charge in [-0.25, -0.2) is 9.18 Å². The van der Waals surface area contributed by atoms with Crippen LogP contribution in [-0.4, -0.2) is 28.2 Å². The van der Waals surface area contributed by atoms with Crippen molar-refractivity contribution in [2.24, 2.45) is 0 Å². The molecule has 2 aliphatic rings. The van der Waals surface area contributed by atoms with Gasteiger partial charge in [-0.1, -0.05) is 60.7 Å². The van der Waals surface area contributed by atoms with Crippen LogP contribution in [0.3, 0.4) is 0 Å². The van der Waals surface area contributed by atoms with Crippen molar-refractivity contribution in [1.82, 2.24) is 4.90 Å². The van der Waals surface area contributed by atoms with Crippen LogP contribution in [0.15, 0.2) is 66.7 Å². The van der Waals surface area contributed by atoms with Crippen LogP contribution in [0.5, 0.6) is 0 Å². The third-order valence-corrected chi connectivity index (χ3v) is 6.80. The number of amides is 1. The van der Waals surface area contributed by atoms with Gasteiger partial charge < -0.3 is 14.7 Å². The lowest BCUT2D eigenvalue weighted by molar-refractivity contribution is -0.0888. The Hall–Kier alpha value is -2.92. The molecule has 2 fully saturated rings. The van der Waals surface area contributed by atoms with Gasteiger partial charge in [-0.2, -0.15) is 0 Å². The van der Waals surface area contributed by atoms with Gasteiger partial charge in [0.25, 0.3) is 0 Å². The summed E-state index contributed by atoms with van der Waals surface area (Å²) >= 11 is 0. The number of hydrogen-bond acceptors (Lipinski definition) is 3. The lowest BCUT2D eigenvalue weighted by Gasteiger charge is -2.51. The summed E-state index contributed by atoms with van der Waals surface area (Å²) in [5, 5.41) is 13.0. The van der Waals surface area contributed by atoms with E-state index in [1.165, 1.54) is 6.07 Å². The molecule has 5 rings (SSSR count). The number of ether oxygens (including phenoxy) is 1. The highest BCUT2D eigenvalue weighted by Crippen LogP contribution is 2.46. The highest BCUT2D eigenvalue weighted by atomic mass is 19.1. The molecule has 0 aromatic heterocycles. The van der Waals surface area contributed by atoms with Crippen LogP contribution < -0.4 is 0 Å². The average Bonchev–Trinajstić information content (AvgIpc) is 2.78. The lowest BCUT2D eigenvalue weighted by Crippen LogP contribution is -2.59. The second-order valence-corrected chi connectivity index (χ2v) is 8.77. The summed E-state index contributed by atoms with van der Waals surface area (Å²) in [6.07, 6.45) is 3.23. The van der Waals surface area contributed by atoms with Gasteiger partial charge in [0.1, 0.15) is 12.4 Å². The molecule has 2 atom stereocenters. The first-order valence-electron chi connectivity index (χ1n) is 10.9. The Morgan fingerprint density at radius 3 is 2.32 bits per heavy atom. The molecule has 0 radical (unpaired) electrons. The molecule has 2 saturated heterocycles. The van der Waals surface area contributed by atoms with Crippen LogP contribution in [-0.2, 0) is 16.9 Å². The molecule has 160 valence electrons. The van der Waals surface area contributed by atoms with Gasteiger partial charge in [0.2, 0.25) is 0 Å². The monoisotopic (exact) mass is 419 g/mol. The first kappa shape index (κ1) is 20.0. The van der Waals surface area contributed by atoms with Crippen LogP contribution in [0.2, 0.25) is 0 Å². The fourth-order valence-electron chi connectivity index (χ4n) is 5.41. The Morgan fingerprint density at radius 2 is 1.61 bits per heavy atom. The molecule has 31 heavy (non-hydrogen) atoms. The first-order chi connectivity index (χ1) is 15.0. The Kier molecular flexibility index (Phi) is 5.14. The molecule has 0 aliphatic carbocycles. The van der Waals surface area contributed by atoms with Crippen molar-refractivity contribution in [3.63, 3.8) is 0 Å². The number of aliphatic hydroxyl groups is 1. The standard InChI is InChI=1S/C26H26FNO3/c27-24-14-13-23(21-11-4-5-12-22(21)24)26(30)15-19-9-6-10-20(16-26)28(19)25(29)31-17-18-7-2-1-3-8-18/h1-5,7-8,11-14,19-20,30H,6,9-10,15-17H2. The molecule has 2 aliphatic heterocycles.